The third kappa shape index (κ3) is 2.51. The molecule has 0 unspecified atom stereocenters. The second-order valence-corrected chi connectivity index (χ2v) is 3.81. The van der Waals surface area contributed by atoms with Crippen molar-refractivity contribution in [2.24, 2.45) is 0 Å². The number of hydrogen-bond acceptors (Lipinski definition) is 3. The summed E-state index contributed by atoms with van der Waals surface area (Å²) in [5.74, 6) is -0.285. The lowest BCUT2D eigenvalue weighted by molar-refractivity contribution is 0.111. The molecule has 0 atom stereocenters. The van der Waals surface area contributed by atoms with Crippen LogP contribution in [0.4, 0.5) is 4.39 Å². The van der Waals surface area contributed by atoms with Gasteiger partial charge in [-0.2, -0.15) is 0 Å². The van der Waals surface area contributed by atoms with E-state index in [1.165, 1.54) is 12.1 Å². The molecule has 0 saturated heterocycles. The molecule has 0 aliphatic rings. The summed E-state index contributed by atoms with van der Waals surface area (Å²) in [6.07, 6.45) is 2.83. The maximum Gasteiger partial charge on any atom is 0.172 e. The minimum absolute atomic E-state index is 0.285. The van der Waals surface area contributed by atoms with Crippen LogP contribution in [0.1, 0.15) is 21.7 Å². The molecule has 1 heterocycles. The first-order chi connectivity index (χ1) is 8.74. The molecule has 92 valence electrons. The topological polar surface area (TPSA) is 47.8 Å². The largest absolute Gasteiger partial charge is 0.296 e. The van der Waals surface area contributed by atoms with Crippen molar-refractivity contribution >= 4 is 6.29 Å². The molecule has 0 spiro atoms. The Morgan fingerprint density at radius 2 is 2.06 bits per heavy atom. The lowest BCUT2D eigenvalue weighted by Crippen LogP contribution is -2.05. The summed E-state index contributed by atoms with van der Waals surface area (Å²) in [7, 11) is 0. The predicted octanol–water partition coefficient (Wildman–Crippen LogP) is 2.01. The van der Waals surface area contributed by atoms with Crippen molar-refractivity contribution in [3.05, 3.63) is 59.7 Å². The van der Waals surface area contributed by atoms with E-state index in [0.717, 1.165) is 5.56 Å². The minimum atomic E-state index is -0.285. The molecule has 0 fully saturated rings. The van der Waals surface area contributed by atoms with Gasteiger partial charge in [0.15, 0.2) is 6.29 Å². The van der Waals surface area contributed by atoms with Crippen LogP contribution in [0.25, 0.3) is 0 Å². The van der Waals surface area contributed by atoms with Crippen LogP contribution in [0.2, 0.25) is 0 Å². The highest BCUT2D eigenvalue weighted by molar-refractivity contribution is 5.73. The molecule has 2 rings (SSSR count). The van der Waals surface area contributed by atoms with Crippen molar-refractivity contribution in [2.45, 2.75) is 13.0 Å². The van der Waals surface area contributed by atoms with Gasteiger partial charge in [0.2, 0.25) is 0 Å². The van der Waals surface area contributed by atoms with Crippen molar-refractivity contribution in [1.29, 1.82) is 0 Å². The van der Waals surface area contributed by atoms with E-state index in [9.17, 15) is 9.18 Å². The van der Waals surface area contributed by atoms with Gasteiger partial charge in [0.05, 0.1) is 12.2 Å². The highest BCUT2D eigenvalue weighted by atomic mass is 19.1. The van der Waals surface area contributed by atoms with Crippen molar-refractivity contribution in [2.75, 3.05) is 0 Å². The Morgan fingerprint density at radius 1 is 1.33 bits per heavy atom. The maximum atomic E-state index is 12.8. The monoisotopic (exact) mass is 245 g/mol. The average molecular weight is 245 g/mol. The predicted molar refractivity (Wildman–Crippen MR) is 64.8 cm³/mol. The van der Waals surface area contributed by atoms with Crippen molar-refractivity contribution < 1.29 is 9.18 Å². The van der Waals surface area contributed by atoms with Crippen LogP contribution in [0.15, 0.2) is 36.9 Å². The maximum absolute atomic E-state index is 12.8. The third-order valence-corrected chi connectivity index (χ3v) is 2.57. The molecule has 2 aromatic rings. The van der Waals surface area contributed by atoms with Crippen LogP contribution >= 0.6 is 0 Å². The van der Waals surface area contributed by atoms with Gasteiger partial charge in [-0.3, -0.25) is 4.79 Å². The number of nitrogens with zero attached hydrogens (tertiary/aromatic N) is 3. The second-order valence-electron chi connectivity index (χ2n) is 3.81. The summed E-state index contributed by atoms with van der Waals surface area (Å²) < 4.78 is 14.4. The normalized spacial score (nSPS) is 10.3. The van der Waals surface area contributed by atoms with Crippen LogP contribution in [-0.4, -0.2) is 21.3 Å². The van der Waals surface area contributed by atoms with Crippen LogP contribution < -0.4 is 0 Å². The number of rotatable bonds is 5. The smallest absolute Gasteiger partial charge is 0.172 e. The van der Waals surface area contributed by atoms with Gasteiger partial charge in [-0.05, 0) is 17.7 Å². The van der Waals surface area contributed by atoms with Crippen molar-refractivity contribution in [1.82, 2.24) is 15.0 Å². The Hall–Kier alpha value is -2.30. The van der Waals surface area contributed by atoms with Gasteiger partial charge in [-0.1, -0.05) is 23.4 Å². The molecular formula is C13H12FN3O. The fourth-order valence-electron chi connectivity index (χ4n) is 1.68. The standard InChI is InChI=1S/C13H12FN3O/c1-2-7-17-13(12(9-18)15-16-17)8-10-3-5-11(14)6-4-10/h2-6,9H,1,7-8H2. The van der Waals surface area contributed by atoms with E-state index in [4.69, 9.17) is 0 Å². The summed E-state index contributed by atoms with van der Waals surface area (Å²) in [5.41, 5.74) is 1.91. The van der Waals surface area contributed by atoms with Gasteiger partial charge >= 0.3 is 0 Å². The fourth-order valence-corrected chi connectivity index (χ4v) is 1.68. The van der Waals surface area contributed by atoms with Gasteiger partial charge in [-0.25, -0.2) is 9.07 Å². The Morgan fingerprint density at radius 3 is 2.67 bits per heavy atom. The van der Waals surface area contributed by atoms with E-state index in [1.54, 1.807) is 22.9 Å². The fraction of sp³-hybridized carbons (Fsp3) is 0.154. The minimum Gasteiger partial charge on any atom is -0.296 e. The van der Waals surface area contributed by atoms with E-state index in [0.29, 0.717) is 30.6 Å². The Labute approximate surface area is 104 Å². The highest BCUT2D eigenvalue weighted by Gasteiger charge is 2.12. The number of halogens is 1. The summed E-state index contributed by atoms with van der Waals surface area (Å²) >= 11 is 0. The van der Waals surface area contributed by atoms with Crippen LogP contribution in [0.5, 0.6) is 0 Å². The quantitative estimate of drug-likeness (QED) is 0.598. The average Bonchev–Trinajstić information content (AvgIpc) is 2.75. The molecule has 4 nitrogen and oxygen atoms in total. The number of carbonyl (C=O) groups is 1. The molecule has 0 aliphatic heterocycles. The van der Waals surface area contributed by atoms with E-state index in [-0.39, 0.29) is 5.82 Å². The molecule has 1 aromatic heterocycles. The van der Waals surface area contributed by atoms with Gasteiger partial charge < -0.3 is 0 Å². The molecule has 0 N–H and O–H groups in total. The summed E-state index contributed by atoms with van der Waals surface area (Å²) in [6.45, 7) is 4.11. The van der Waals surface area contributed by atoms with Crippen LogP contribution in [0, 0.1) is 5.82 Å². The molecule has 5 heteroatoms. The summed E-state index contributed by atoms with van der Waals surface area (Å²) in [5, 5.41) is 7.67. The summed E-state index contributed by atoms with van der Waals surface area (Å²) in [6, 6.07) is 6.12. The lowest BCUT2D eigenvalue weighted by atomic mass is 10.1. The number of benzene rings is 1. The first-order valence-corrected chi connectivity index (χ1v) is 5.47. The number of allylic oxidation sites excluding steroid dienone is 1. The van der Waals surface area contributed by atoms with E-state index in [1.807, 2.05) is 0 Å². The molecule has 0 amide bonds. The van der Waals surface area contributed by atoms with Gasteiger partial charge in [-0.15, -0.1) is 11.7 Å². The van der Waals surface area contributed by atoms with Gasteiger partial charge in [0.1, 0.15) is 11.5 Å². The Kier molecular flexibility index (Phi) is 3.62. The zero-order valence-electron chi connectivity index (χ0n) is 9.71. The van der Waals surface area contributed by atoms with Gasteiger partial charge in [0.25, 0.3) is 0 Å². The number of hydrogen-bond donors (Lipinski definition) is 0. The Balaban J connectivity index is 2.31. The van der Waals surface area contributed by atoms with E-state index in [2.05, 4.69) is 16.9 Å². The highest BCUT2D eigenvalue weighted by Crippen LogP contribution is 2.12. The molecule has 0 saturated carbocycles. The molecule has 18 heavy (non-hydrogen) atoms. The molecular weight excluding hydrogens is 233 g/mol. The van der Waals surface area contributed by atoms with Crippen LogP contribution in [-0.2, 0) is 13.0 Å². The third-order valence-electron chi connectivity index (χ3n) is 2.57. The number of carbonyl (C=O) groups excluding carboxylic acids is 1. The molecule has 0 radical (unpaired) electrons. The van der Waals surface area contributed by atoms with Crippen molar-refractivity contribution in [3.63, 3.8) is 0 Å². The Bertz CT molecular complexity index is 560. The molecule has 0 aliphatic carbocycles. The van der Waals surface area contributed by atoms with E-state index >= 15 is 0 Å². The molecule has 0 bridgehead atoms. The number of aldehydes is 1. The summed E-state index contributed by atoms with van der Waals surface area (Å²) in [4.78, 5) is 10.9. The van der Waals surface area contributed by atoms with Crippen LogP contribution in [0.3, 0.4) is 0 Å². The zero-order valence-corrected chi connectivity index (χ0v) is 9.71. The zero-order chi connectivity index (χ0) is 13.0. The first-order valence-electron chi connectivity index (χ1n) is 5.47. The molecule has 1 aromatic carbocycles. The van der Waals surface area contributed by atoms with Gasteiger partial charge in [0, 0.05) is 6.42 Å². The van der Waals surface area contributed by atoms with E-state index < -0.39 is 0 Å². The second kappa shape index (κ2) is 5.35. The number of aromatic nitrogens is 3. The SMILES string of the molecule is C=CCn1nnc(C=O)c1Cc1ccc(F)cc1. The first kappa shape index (κ1) is 12.2. The lowest BCUT2D eigenvalue weighted by Gasteiger charge is -2.04. The van der Waals surface area contributed by atoms with Crippen molar-refractivity contribution in [3.8, 4) is 0 Å².